The zero-order valence-electron chi connectivity index (χ0n) is 10.9. The average molecular weight is 247 g/mol. The quantitative estimate of drug-likeness (QED) is 0.824. The van der Waals surface area contributed by atoms with Gasteiger partial charge < -0.3 is 15.0 Å². The van der Waals surface area contributed by atoms with E-state index in [-0.39, 0.29) is 6.10 Å². The van der Waals surface area contributed by atoms with Crippen LogP contribution in [0.1, 0.15) is 13.3 Å². The van der Waals surface area contributed by atoms with Crippen LogP contribution in [0.15, 0.2) is 31.1 Å². The average Bonchev–Trinajstić information content (AvgIpc) is 2.68. The van der Waals surface area contributed by atoms with Crippen molar-refractivity contribution in [1.29, 1.82) is 0 Å². The Bertz CT molecular complexity index is 386. The van der Waals surface area contributed by atoms with Gasteiger partial charge in [0.2, 0.25) is 0 Å². The molecule has 0 radical (unpaired) electrons. The van der Waals surface area contributed by atoms with Crippen LogP contribution in [-0.2, 0) is 0 Å². The van der Waals surface area contributed by atoms with Crippen LogP contribution in [0.3, 0.4) is 0 Å². The number of anilines is 1. The molecular weight excluding hydrogens is 226 g/mol. The van der Waals surface area contributed by atoms with Gasteiger partial charge in [0.25, 0.3) is 0 Å². The summed E-state index contributed by atoms with van der Waals surface area (Å²) in [4.78, 5) is 6.60. The van der Waals surface area contributed by atoms with Gasteiger partial charge in [-0.25, -0.2) is 0 Å². The number of ether oxygens (including phenoxy) is 1. The zero-order valence-corrected chi connectivity index (χ0v) is 10.9. The van der Waals surface area contributed by atoms with Crippen molar-refractivity contribution in [2.24, 2.45) is 0 Å². The van der Waals surface area contributed by atoms with Gasteiger partial charge in [-0.3, -0.25) is 4.98 Å². The first-order chi connectivity index (χ1) is 8.79. The summed E-state index contributed by atoms with van der Waals surface area (Å²) >= 11 is 0. The second kappa shape index (κ2) is 6.40. The van der Waals surface area contributed by atoms with Crippen LogP contribution >= 0.6 is 0 Å². The predicted octanol–water partition coefficient (Wildman–Crippen LogP) is 1.83. The maximum Gasteiger partial charge on any atom is 0.140 e. The summed E-state index contributed by atoms with van der Waals surface area (Å²) in [6, 6.07) is 2.05. The fourth-order valence-electron chi connectivity index (χ4n) is 2.01. The van der Waals surface area contributed by atoms with E-state index in [1.807, 2.05) is 13.1 Å². The van der Waals surface area contributed by atoms with Crippen LogP contribution in [0.5, 0.6) is 5.75 Å². The molecule has 1 aromatic rings. The van der Waals surface area contributed by atoms with E-state index in [9.17, 15) is 0 Å². The van der Waals surface area contributed by atoms with Crippen LogP contribution in [0, 0.1) is 0 Å². The molecule has 0 aromatic carbocycles. The first-order valence-corrected chi connectivity index (χ1v) is 6.49. The molecular formula is C14H21N3O. The number of hydrogen-bond donors (Lipinski definition) is 1. The maximum absolute atomic E-state index is 5.70. The van der Waals surface area contributed by atoms with Crippen LogP contribution < -0.4 is 15.0 Å². The van der Waals surface area contributed by atoms with E-state index in [1.54, 1.807) is 12.3 Å². The predicted molar refractivity (Wildman–Crippen MR) is 74.2 cm³/mol. The summed E-state index contributed by atoms with van der Waals surface area (Å²) in [7, 11) is 0. The van der Waals surface area contributed by atoms with Crippen molar-refractivity contribution in [1.82, 2.24) is 10.3 Å². The summed E-state index contributed by atoms with van der Waals surface area (Å²) in [6.45, 7) is 9.88. The van der Waals surface area contributed by atoms with Crippen LogP contribution in [0.2, 0.25) is 0 Å². The van der Waals surface area contributed by atoms with Gasteiger partial charge >= 0.3 is 0 Å². The number of hydrogen-bond acceptors (Lipinski definition) is 4. The summed E-state index contributed by atoms with van der Waals surface area (Å²) in [6.07, 6.45) is 6.60. The van der Waals surface area contributed by atoms with Gasteiger partial charge in [0, 0.05) is 25.7 Å². The van der Waals surface area contributed by atoms with E-state index < -0.39 is 0 Å². The molecule has 1 fully saturated rings. The maximum atomic E-state index is 5.70. The summed E-state index contributed by atoms with van der Waals surface area (Å²) in [5.74, 6) is 0.803. The van der Waals surface area contributed by atoms with Crippen molar-refractivity contribution >= 4 is 5.69 Å². The highest BCUT2D eigenvalue weighted by Crippen LogP contribution is 2.21. The highest BCUT2D eigenvalue weighted by atomic mass is 16.5. The monoisotopic (exact) mass is 247 g/mol. The van der Waals surface area contributed by atoms with Gasteiger partial charge in [-0.15, -0.1) is 0 Å². The molecule has 1 aromatic heterocycles. The van der Waals surface area contributed by atoms with E-state index in [2.05, 4.69) is 27.8 Å². The Kier molecular flexibility index (Phi) is 4.59. The molecule has 0 saturated carbocycles. The van der Waals surface area contributed by atoms with Gasteiger partial charge in [-0.2, -0.15) is 0 Å². The molecule has 1 unspecified atom stereocenters. The van der Waals surface area contributed by atoms with Crippen molar-refractivity contribution in [2.45, 2.75) is 19.4 Å². The van der Waals surface area contributed by atoms with Crippen molar-refractivity contribution in [3.05, 3.63) is 31.1 Å². The van der Waals surface area contributed by atoms with Crippen molar-refractivity contribution < 1.29 is 4.74 Å². The molecule has 2 heterocycles. The molecule has 1 saturated heterocycles. The Balaban J connectivity index is 2.07. The van der Waals surface area contributed by atoms with E-state index in [0.29, 0.717) is 0 Å². The Morgan fingerprint density at radius 1 is 1.44 bits per heavy atom. The largest absolute Gasteiger partial charge is 0.485 e. The molecule has 1 aliphatic heterocycles. The minimum atomic E-state index is 0.00727. The fourth-order valence-corrected chi connectivity index (χ4v) is 2.01. The minimum absolute atomic E-state index is 0.00727. The second-order valence-corrected chi connectivity index (χ2v) is 4.53. The zero-order chi connectivity index (χ0) is 12.8. The molecule has 1 N–H and O–H groups in total. The lowest BCUT2D eigenvalue weighted by molar-refractivity contribution is 0.269. The Hall–Kier alpha value is -1.55. The van der Waals surface area contributed by atoms with Gasteiger partial charge in [0.1, 0.15) is 11.9 Å². The molecule has 2 rings (SSSR count). The Morgan fingerprint density at radius 3 is 3.17 bits per heavy atom. The lowest BCUT2D eigenvalue weighted by Gasteiger charge is -2.22. The molecule has 4 nitrogen and oxygen atoms in total. The van der Waals surface area contributed by atoms with Gasteiger partial charge in [0.15, 0.2) is 0 Å². The van der Waals surface area contributed by atoms with Crippen molar-refractivity contribution in [2.75, 3.05) is 31.1 Å². The number of aromatic nitrogens is 1. The second-order valence-electron chi connectivity index (χ2n) is 4.53. The molecule has 18 heavy (non-hydrogen) atoms. The molecule has 0 amide bonds. The van der Waals surface area contributed by atoms with E-state index in [4.69, 9.17) is 4.74 Å². The van der Waals surface area contributed by atoms with Crippen LogP contribution in [-0.4, -0.2) is 37.3 Å². The third-order valence-corrected chi connectivity index (χ3v) is 3.06. The van der Waals surface area contributed by atoms with Crippen molar-refractivity contribution in [3.8, 4) is 5.75 Å². The fraction of sp³-hybridized carbons (Fsp3) is 0.500. The molecule has 1 aliphatic rings. The third-order valence-electron chi connectivity index (χ3n) is 3.06. The number of pyridine rings is 1. The molecule has 0 bridgehead atoms. The number of nitrogens with zero attached hydrogens (tertiary/aromatic N) is 2. The minimum Gasteiger partial charge on any atom is -0.485 e. The van der Waals surface area contributed by atoms with E-state index in [1.165, 1.54) is 0 Å². The Labute approximate surface area is 109 Å². The van der Waals surface area contributed by atoms with Crippen LogP contribution in [0.4, 0.5) is 5.69 Å². The molecule has 98 valence electrons. The molecule has 0 spiro atoms. The van der Waals surface area contributed by atoms with E-state index in [0.717, 1.165) is 44.0 Å². The first kappa shape index (κ1) is 12.9. The molecule has 4 heteroatoms. The Morgan fingerprint density at radius 2 is 2.33 bits per heavy atom. The lowest BCUT2D eigenvalue weighted by Crippen LogP contribution is -2.27. The van der Waals surface area contributed by atoms with Crippen LogP contribution in [0.25, 0.3) is 0 Å². The molecule has 1 atom stereocenters. The smallest absolute Gasteiger partial charge is 0.140 e. The normalized spacial score (nSPS) is 17.9. The summed E-state index contributed by atoms with van der Waals surface area (Å²) in [5, 5.41) is 3.40. The van der Waals surface area contributed by atoms with Crippen molar-refractivity contribution in [3.63, 3.8) is 0 Å². The first-order valence-electron chi connectivity index (χ1n) is 6.49. The topological polar surface area (TPSA) is 37.4 Å². The third kappa shape index (κ3) is 3.47. The lowest BCUT2D eigenvalue weighted by atomic mass is 10.3. The van der Waals surface area contributed by atoms with Gasteiger partial charge in [0.05, 0.1) is 18.1 Å². The summed E-state index contributed by atoms with van der Waals surface area (Å²) < 4.78 is 5.70. The highest BCUT2D eigenvalue weighted by Gasteiger charge is 2.11. The highest BCUT2D eigenvalue weighted by molar-refractivity contribution is 5.48. The van der Waals surface area contributed by atoms with Gasteiger partial charge in [-0.1, -0.05) is 12.7 Å². The summed E-state index contributed by atoms with van der Waals surface area (Å²) in [5.41, 5.74) is 1.13. The van der Waals surface area contributed by atoms with E-state index >= 15 is 0 Å². The molecule has 0 aliphatic carbocycles. The number of rotatable bonds is 4. The standard InChI is InChI=1S/C14H21N3O/c1-3-12(2)18-14-9-13(10-16-11-14)17-7-4-5-15-6-8-17/h3,9-12,15H,1,4-8H2,2H3. The van der Waals surface area contributed by atoms with Gasteiger partial charge in [-0.05, 0) is 19.9 Å². The SMILES string of the molecule is C=CC(C)Oc1cncc(N2CCCNCC2)c1. The number of nitrogens with one attached hydrogen (secondary N) is 1.